The van der Waals surface area contributed by atoms with Crippen LogP contribution >= 0.6 is 11.3 Å². The molecule has 6 rings (SSSR count). The van der Waals surface area contributed by atoms with Crippen molar-refractivity contribution in [1.82, 2.24) is 4.98 Å². The first-order chi connectivity index (χ1) is 22.5. The molecule has 5 N–H and O–H groups in total. The maximum absolute atomic E-state index is 13.4. The molecular weight excluding hydrogens is 625 g/mol. The van der Waals surface area contributed by atoms with Gasteiger partial charge in [0.15, 0.2) is 5.96 Å². The number of guanidine groups is 1. The van der Waals surface area contributed by atoms with Gasteiger partial charge in [-0.05, 0) is 85.4 Å². The van der Waals surface area contributed by atoms with E-state index in [1.54, 1.807) is 11.3 Å². The summed E-state index contributed by atoms with van der Waals surface area (Å²) in [7, 11) is 1.82. The summed E-state index contributed by atoms with van der Waals surface area (Å²) in [5, 5.41) is 13.9. The minimum Gasteiger partial charge on any atom is -0.481 e. The molecule has 1 aromatic rings. The van der Waals surface area contributed by atoms with Gasteiger partial charge in [0.1, 0.15) is 11.0 Å². The Labute approximate surface area is 291 Å². The lowest BCUT2D eigenvalue weighted by Gasteiger charge is -2.71. The van der Waals surface area contributed by atoms with E-state index in [0.717, 1.165) is 49.2 Å². The Balaban J connectivity index is 1.32. The van der Waals surface area contributed by atoms with Crippen LogP contribution in [0.1, 0.15) is 111 Å². The molecule has 0 radical (unpaired) electrons. The summed E-state index contributed by atoms with van der Waals surface area (Å²) >= 11 is 1.54. The van der Waals surface area contributed by atoms with E-state index >= 15 is 0 Å². The molecule has 0 amide bonds. The number of ether oxygens (including phenoxy) is 3. The third-order valence-electron chi connectivity index (χ3n) is 15.1. The molecule has 0 spiro atoms. The average Bonchev–Trinajstić information content (AvgIpc) is 3.49. The Bertz CT molecular complexity index is 1460. The summed E-state index contributed by atoms with van der Waals surface area (Å²) in [4.78, 5) is 22.4. The molecular formula is C38H60N4O5S. The van der Waals surface area contributed by atoms with E-state index in [1.165, 1.54) is 5.57 Å². The quantitative estimate of drug-likeness (QED) is 0.144. The molecule has 0 aromatic carbocycles. The highest BCUT2D eigenvalue weighted by atomic mass is 32.1. The lowest BCUT2D eigenvalue weighted by molar-refractivity contribution is -0.269. The molecule has 2 unspecified atom stereocenters. The number of carbonyl (C=O) groups is 1. The summed E-state index contributed by atoms with van der Waals surface area (Å²) in [5.41, 5.74) is 12.5. The van der Waals surface area contributed by atoms with Crippen LogP contribution < -0.4 is 11.5 Å². The van der Waals surface area contributed by atoms with Crippen molar-refractivity contribution in [2.24, 2.45) is 73.1 Å². The molecule has 1 aliphatic heterocycles. The van der Waals surface area contributed by atoms with Gasteiger partial charge in [0.05, 0.1) is 43.6 Å². The number of aliphatic imine (C=N–C) groups is 1. The summed E-state index contributed by atoms with van der Waals surface area (Å²) in [6, 6.07) is -0.204. The SMILES string of the molecule is CO[C@@H]1C[C@@]23COCC(C)(C2CC[C@H]2C3=CC[C@@]3(C)[C@H](C(=O)O)[C@@](C)([C@H](C)C(C)C)CC[C@]23C)[C@H]1OCc1csc([C@H](C)N=C(N)N)n1. The first-order valence-corrected chi connectivity index (χ1v) is 19.0. The third kappa shape index (κ3) is 5.12. The second-order valence-electron chi connectivity index (χ2n) is 17.5. The smallest absolute Gasteiger partial charge is 0.307 e. The molecule has 4 aliphatic carbocycles. The zero-order valence-corrected chi connectivity index (χ0v) is 31.5. The van der Waals surface area contributed by atoms with E-state index in [0.29, 0.717) is 43.5 Å². The van der Waals surface area contributed by atoms with Crippen LogP contribution in [0.4, 0.5) is 0 Å². The molecule has 268 valence electrons. The predicted octanol–water partition coefficient (Wildman–Crippen LogP) is 6.97. The van der Waals surface area contributed by atoms with Gasteiger partial charge < -0.3 is 30.8 Å². The molecule has 1 aromatic heterocycles. The number of rotatable bonds is 9. The van der Waals surface area contributed by atoms with Crippen LogP contribution in [0, 0.1) is 56.7 Å². The van der Waals surface area contributed by atoms with Gasteiger partial charge in [0.25, 0.3) is 0 Å². The van der Waals surface area contributed by atoms with Gasteiger partial charge in [-0.3, -0.25) is 4.79 Å². The van der Waals surface area contributed by atoms with Crippen LogP contribution in [0.5, 0.6) is 0 Å². The number of carboxylic acids is 1. The molecule has 3 saturated carbocycles. The van der Waals surface area contributed by atoms with Crippen molar-refractivity contribution in [2.75, 3.05) is 20.3 Å². The molecule has 2 heterocycles. The number of nitrogens with zero attached hydrogens (tertiary/aromatic N) is 2. The number of hydrogen-bond acceptors (Lipinski definition) is 7. The molecule has 4 fully saturated rings. The average molecular weight is 685 g/mol. The number of carboxylic acid groups (broad SMARTS) is 1. The number of aromatic nitrogens is 1. The largest absolute Gasteiger partial charge is 0.481 e. The second-order valence-corrected chi connectivity index (χ2v) is 18.4. The topological polar surface area (TPSA) is 142 Å². The van der Waals surface area contributed by atoms with E-state index in [9.17, 15) is 9.90 Å². The monoisotopic (exact) mass is 684 g/mol. The minimum absolute atomic E-state index is 0.0557. The Hall–Kier alpha value is -2.01. The number of methoxy groups -OCH3 is 1. The number of nitrogens with two attached hydrogens (primary N) is 2. The van der Waals surface area contributed by atoms with Crippen LogP contribution in [-0.4, -0.2) is 54.6 Å². The van der Waals surface area contributed by atoms with Gasteiger partial charge in [0, 0.05) is 23.3 Å². The fourth-order valence-corrected chi connectivity index (χ4v) is 12.9. The molecule has 2 bridgehead atoms. The third-order valence-corrected chi connectivity index (χ3v) is 16.1. The molecule has 1 saturated heterocycles. The fourth-order valence-electron chi connectivity index (χ4n) is 12.1. The molecule has 9 nitrogen and oxygen atoms in total. The Morgan fingerprint density at radius 1 is 1.12 bits per heavy atom. The zero-order chi connectivity index (χ0) is 35.0. The maximum Gasteiger partial charge on any atom is 0.307 e. The van der Waals surface area contributed by atoms with Crippen LogP contribution in [0.2, 0.25) is 0 Å². The fraction of sp³-hybridized carbons (Fsp3) is 0.816. The number of hydrogen-bond donors (Lipinski definition) is 3. The number of thiazole rings is 1. The molecule has 10 heteroatoms. The summed E-state index contributed by atoms with van der Waals surface area (Å²) in [5.74, 6) is 0.512. The normalized spacial score (nSPS) is 43.3. The standard InChI is InChI=1S/C38H60N4O5S/c1-21(2)22(3)34(5)14-15-36(7)25-10-11-28-35(6)19-46-20-38(28,26(25)12-13-37(36,8)29(34)32(43)44)16-27(45-9)30(35)47-17-24-18-48-31(42-24)23(4)41-33(39)40/h12,18,21-23,25,27-30H,10-11,13-17,19-20H2,1-9H3,(H,43,44)(H4,39,40,41)/t22-,23+,25+,27-,28?,29-,30+,34-,35?,36-,37+,38+/m1/s1. The highest BCUT2D eigenvalue weighted by Gasteiger charge is 2.71. The summed E-state index contributed by atoms with van der Waals surface area (Å²) in [6.07, 6.45) is 8.05. The van der Waals surface area contributed by atoms with Gasteiger partial charge in [-0.2, -0.15) is 0 Å². The van der Waals surface area contributed by atoms with Gasteiger partial charge in [-0.15, -0.1) is 11.3 Å². The lowest BCUT2D eigenvalue weighted by atomic mass is 9.34. The number of aliphatic carboxylic acids is 1. The number of allylic oxidation sites excluding steroid dienone is 1. The van der Waals surface area contributed by atoms with E-state index in [-0.39, 0.29) is 51.3 Å². The predicted molar refractivity (Wildman–Crippen MR) is 189 cm³/mol. The van der Waals surface area contributed by atoms with Crippen LogP contribution in [0.15, 0.2) is 22.0 Å². The first kappa shape index (κ1) is 35.8. The van der Waals surface area contributed by atoms with Crippen molar-refractivity contribution in [3.63, 3.8) is 0 Å². The van der Waals surface area contributed by atoms with Crippen molar-refractivity contribution < 1.29 is 24.1 Å². The lowest BCUT2D eigenvalue weighted by Crippen LogP contribution is -2.70. The highest BCUT2D eigenvalue weighted by Crippen LogP contribution is 2.75. The second kappa shape index (κ2) is 12.3. The van der Waals surface area contributed by atoms with E-state index in [1.807, 2.05) is 19.4 Å². The minimum atomic E-state index is -0.620. The van der Waals surface area contributed by atoms with Crippen LogP contribution in [-0.2, 0) is 25.6 Å². The molecule has 12 atom stereocenters. The van der Waals surface area contributed by atoms with Gasteiger partial charge in [0.2, 0.25) is 0 Å². The van der Waals surface area contributed by atoms with Crippen LogP contribution in [0.25, 0.3) is 0 Å². The van der Waals surface area contributed by atoms with Crippen molar-refractivity contribution in [3.05, 3.63) is 27.7 Å². The van der Waals surface area contributed by atoms with E-state index in [2.05, 4.69) is 59.5 Å². The van der Waals surface area contributed by atoms with Crippen molar-refractivity contribution in [2.45, 2.75) is 119 Å². The van der Waals surface area contributed by atoms with Gasteiger partial charge >= 0.3 is 5.97 Å². The van der Waals surface area contributed by atoms with E-state index < -0.39 is 11.9 Å². The number of fused-ring (bicyclic) bond motifs is 3. The Kier molecular flexibility index (Phi) is 9.21. The zero-order valence-electron chi connectivity index (χ0n) is 30.7. The van der Waals surface area contributed by atoms with Crippen molar-refractivity contribution in [1.29, 1.82) is 0 Å². The van der Waals surface area contributed by atoms with Gasteiger partial charge in [-0.1, -0.05) is 60.1 Å². The summed E-state index contributed by atoms with van der Waals surface area (Å²) < 4.78 is 19.8. The Morgan fingerprint density at radius 3 is 2.50 bits per heavy atom. The highest BCUT2D eigenvalue weighted by molar-refractivity contribution is 7.09. The molecule has 5 aliphatic rings. The Morgan fingerprint density at radius 2 is 1.85 bits per heavy atom. The van der Waals surface area contributed by atoms with Gasteiger partial charge in [-0.25, -0.2) is 9.98 Å². The first-order valence-electron chi connectivity index (χ1n) is 18.2. The van der Waals surface area contributed by atoms with Crippen LogP contribution in [0.3, 0.4) is 0 Å². The maximum atomic E-state index is 13.4. The van der Waals surface area contributed by atoms with Crippen molar-refractivity contribution >= 4 is 23.3 Å². The van der Waals surface area contributed by atoms with E-state index in [4.69, 9.17) is 30.7 Å². The van der Waals surface area contributed by atoms with Crippen molar-refractivity contribution in [3.8, 4) is 0 Å². The summed E-state index contributed by atoms with van der Waals surface area (Å²) in [6.45, 7) is 19.8. The molecule has 48 heavy (non-hydrogen) atoms.